The van der Waals surface area contributed by atoms with Crippen LogP contribution in [0.25, 0.3) is 0 Å². The zero-order chi connectivity index (χ0) is 11.6. The minimum Gasteiger partial charge on any atom is -0.258 e. The van der Waals surface area contributed by atoms with Crippen molar-refractivity contribution >= 4 is 17.3 Å². The molecule has 0 radical (unpaired) electrons. The fourth-order valence-corrected chi connectivity index (χ4v) is 1.09. The van der Waals surface area contributed by atoms with Crippen LogP contribution < -0.4 is 0 Å². The maximum atomic E-state index is 12.3. The predicted molar refractivity (Wildman–Crippen MR) is 45.6 cm³/mol. The molecule has 0 bridgehead atoms. The van der Waals surface area contributed by atoms with Crippen LogP contribution in [0.2, 0.25) is 5.15 Å². The highest BCUT2D eigenvalue weighted by molar-refractivity contribution is 6.31. The van der Waals surface area contributed by atoms with Gasteiger partial charge < -0.3 is 0 Å². The highest BCUT2D eigenvalue weighted by Gasteiger charge is 2.23. The number of pyridine rings is 1. The first-order valence-electron chi connectivity index (χ1n) is 3.50. The van der Waals surface area contributed by atoms with Crippen LogP contribution in [-0.2, 0) is 0 Å². The number of nitriles is 1. The summed E-state index contributed by atoms with van der Waals surface area (Å²) < 4.78 is 24.7. The van der Waals surface area contributed by atoms with Gasteiger partial charge in [-0.15, -0.1) is 0 Å². The van der Waals surface area contributed by atoms with Gasteiger partial charge in [0, 0.05) is 6.07 Å². The number of hydrogen-bond donors (Lipinski definition) is 0. The van der Waals surface area contributed by atoms with Crippen molar-refractivity contribution in [2.24, 2.45) is 0 Å². The summed E-state index contributed by atoms with van der Waals surface area (Å²) in [4.78, 5) is 12.6. The molecule has 8 heteroatoms. The van der Waals surface area contributed by atoms with E-state index in [0.717, 1.165) is 0 Å². The molecule has 0 aromatic carbocycles. The van der Waals surface area contributed by atoms with E-state index in [9.17, 15) is 18.9 Å². The standard InChI is InChI=1S/C7H2ClF2N3O2/c8-6-5(13(14)15)1-3(7(9)10)4(2-11)12-6/h1,7H. The highest BCUT2D eigenvalue weighted by Crippen LogP contribution is 2.30. The van der Waals surface area contributed by atoms with Gasteiger partial charge in [-0.1, -0.05) is 11.6 Å². The molecule has 1 aromatic rings. The van der Waals surface area contributed by atoms with Crippen LogP contribution in [-0.4, -0.2) is 9.91 Å². The molecule has 15 heavy (non-hydrogen) atoms. The number of halogens is 3. The van der Waals surface area contributed by atoms with Gasteiger partial charge in [-0.05, 0) is 0 Å². The van der Waals surface area contributed by atoms with E-state index in [1.165, 1.54) is 6.07 Å². The summed E-state index contributed by atoms with van der Waals surface area (Å²) in [5, 5.41) is 18.2. The monoisotopic (exact) mass is 233 g/mol. The Morgan fingerprint density at radius 1 is 1.67 bits per heavy atom. The van der Waals surface area contributed by atoms with E-state index in [1.807, 2.05) is 0 Å². The lowest BCUT2D eigenvalue weighted by Gasteiger charge is -2.02. The average Bonchev–Trinajstić information content (AvgIpc) is 2.16. The molecule has 0 N–H and O–H groups in total. The molecule has 0 saturated heterocycles. The molecule has 0 atom stereocenters. The van der Waals surface area contributed by atoms with Crippen molar-refractivity contribution in [3.05, 3.63) is 32.6 Å². The minimum atomic E-state index is -3.01. The molecule has 5 nitrogen and oxygen atoms in total. The Morgan fingerprint density at radius 3 is 2.67 bits per heavy atom. The molecule has 0 fully saturated rings. The van der Waals surface area contributed by atoms with Gasteiger partial charge in [0.25, 0.3) is 6.43 Å². The smallest absolute Gasteiger partial charge is 0.258 e. The quantitative estimate of drug-likeness (QED) is 0.446. The van der Waals surface area contributed by atoms with E-state index in [2.05, 4.69) is 4.98 Å². The van der Waals surface area contributed by atoms with Crippen LogP contribution >= 0.6 is 11.6 Å². The van der Waals surface area contributed by atoms with Crippen LogP contribution in [0.3, 0.4) is 0 Å². The zero-order valence-electron chi connectivity index (χ0n) is 6.95. The molecule has 0 saturated carbocycles. The third-order valence-corrected chi connectivity index (χ3v) is 1.80. The van der Waals surface area contributed by atoms with Crippen LogP contribution in [0.4, 0.5) is 14.5 Å². The minimum absolute atomic E-state index is 0.554. The molecule has 78 valence electrons. The van der Waals surface area contributed by atoms with Crippen LogP contribution in [0, 0.1) is 21.4 Å². The SMILES string of the molecule is N#Cc1nc(Cl)c([N+](=O)[O-])cc1C(F)F. The lowest BCUT2D eigenvalue weighted by atomic mass is 10.2. The van der Waals surface area contributed by atoms with Crippen molar-refractivity contribution in [3.63, 3.8) is 0 Å². The Morgan fingerprint density at radius 2 is 2.27 bits per heavy atom. The van der Waals surface area contributed by atoms with Crippen LogP contribution in [0.5, 0.6) is 0 Å². The fraction of sp³-hybridized carbons (Fsp3) is 0.143. The lowest BCUT2D eigenvalue weighted by molar-refractivity contribution is -0.385. The summed E-state index contributed by atoms with van der Waals surface area (Å²) in [6.07, 6.45) is -3.01. The molecule has 1 aromatic heterocycles. The Hall–Kier alpha value is -1.81. The number of hydrogen-bond acceptors (Lipinski definition) is 4. The first kappa shape index (κ1) is 11.3. The summed E-state index contributed by atoms with van der Waals surface area (Å²) >= 11 is 5.33. The Kier molecular flexibility index (Phi) is 3.11. The van der Waals surface area contributed by atoms with E-state index >= 15 is 0 Å². The van der Waals surface area contributed by atoms with Gasteiger partial charge in [-0.2, -0.15) is 5.26 Å². The highest BCUT2D eigenvalue weighted by atomic mass is 35.5. The first-order valence-corrected chi connectivity index (χ1v) is 3.88. The predicted octanol–water partition coefficient (Wildman–Crippen LogP) is 2.45. The maximum absolute atomic E-state index is 12.3. The van der Waals surface area contributed by atoms with Gasteiger partial charge in [0.15, 0.2) is 5.69 Å². The van der Waals surface area contributed by atoms with Gasteiger partial charge in [0.1, 0.15) is 6.07 Å². The molecule has 0 amide bonds. The number of nitro groups is 1. The zero-order valence-corrected chi connectivity index (χ0v) is 7.70. The number of aromatic nitrogens is 1. The van der Waals surface area contributed by atoms with Gasteiger partial charge >= 0.3 is 5.69 Å². The topological polar surface area (TPSA) is 79.8 Å². The van der Waals surface area contributed by atoms with E-state index in [4.69, 9.17) is 16.9 Å². The molecule has 0 unspecified atom stereocenters. The van der Waals surface area contributed by atoms with Gasteiger partial charge in [0.05, 0.1) is 10.5 Å². The van der Waals surface area contributed by atoms with Crippen molar-refractivity contribution in [2.75, 3.05) is 0 Å². The van der Waals surface area contributed by atoms with E-state index in [0.29, 0.717) is 6.07 Å². The second-order valence-electron chi connectivity index (χ2n) is 2.41. The molecule has 0 aliphatic carbocycles. The summed E-state index contributed by atoms with van der Waals surface area (Å²) in [6.45, 7) is 0. The maximum Gasteiger partial charge on any atom is 0.307 e. The normalized spacial score (nSPS) is 10.1. The van der Waals surface area contributed by atoms with E-state index < -0.39 is 33.4 Å². The van der Waals surface area contributed by atoms with Crippen molar-refractivity contribution in [1.82, 2.24) is 4.98 Å². The largest absolute Gasteiger partial charge is 0.307 e. The molecular weight excluding hydrogens is 232 g/mol. The third kappa shape index (κ3) is 2.16. The summed E-state index contributed by atoms with van der Waals surface area (Å²) in [5.41, 5.74) is -2.15. The Labute approximate surface area is 87.1 Å². The number of rotatable bonds is 2. The van der Waals surface area contributed by atoms with Gasteiger partial charge in [0.2, 0.25) is 5.15 Å². The molecular formula is C7H2ClF2N3O2. The second kappa shape index (κ2) is 4.14. The molecule has 1 heterocycles. The summed E-state index contributed by atoms with van der Waals surface area (Å²) in [6, 6.07) is 1.94. The van der Waals surface area contributed by atoms with Crippen molar-refractivity contribution < 1.29 is 13.7 Å². The average molecular weight is 234 g/mol. The number of alkyl halides is 2. The van der Waals surface area contributed by atoms with Gasteiger partial charge in [-0.25, -0.2) is 13.8 Å². The van der Waals surface area contributed by atoms with E-state index in [1.54, 1.807) is 0 Å². The molecule has 0 aliphatic rings. The van der Waals surface area contributed by atoms with Crippen LogP contribution in [0.15, 0.2) is 6.07 Å². The lowest BCUT2D eigenvalue weighted by Crippen LogP contribution is -1.99. The Balaban J connectivity index is 3.45. The van der Waals surface area contributed by atoms with E-state index in [-0.39, 0.29) is 0 Å². The molecule has 1 rings (SSSR count). The van der Waals surface area contributed by atoms with Crippen molar-refractivity contribution in [2.45, 2.75) is 6.43 Å². The Bertz CT molecular complexity index is 458. The second-order valence-corrected chi connectivity index (χ2v) is 2.76. The van der Waals surface area contributed by atoms with Crippen LogP contribution in [0.1, 0.15) is 17.7 Å². The summed E-state index contributed by atoms with van der Waals surface area (Å²) in [7, 11) is 0. The molecule has 0 spiro atoms. The fourth-order valence-electron chi connectivity index (χ4n) is 0.879. The van der Waals surface area contributed by atoms with Crippen molar-refractivity contribution in [1.29, 1.82) is 5.26 Å². The van der Waals surface area contributed by atoms with Gasteiger partial charge in [-0.3, -0.25) is 10.1 Å². The summed E-state index contributed by atoms with van der Waals surface area (Å²) in [5.74, 6) is 0. The first-order chi connectivity index (χ1) is 6.97. The third-order valence-electron chi connectivity index (χ3n) is 1.52. The molecule has 0 aliphatic heterocycles. The van der Waals surface area contributed by atoms with Crippen molar-refractivity contribution in [3.8, 4) is 6.07 Å². The number of nitrogens with zero attached hydrogens (tertiary/aromatic N) is 3.